The van der Waals surface area contributed by atoms with E-state index in [0.717, 1.165) is 29.7 Å². The predicted molar refractivity (Wildman–Crippen MR) is 84.1 cm³/mol. The highest BCUT2D eigenvalue weighted by Crippen LogP contribution is 2.40. The van der Waals surface area contributed by atoms with E-state index in [-0.39, 0.29) is 0 Å². The van der Waals surface area contributed by atoms with Crippen LogP contribution in [-0.4, -0.2) is 7.11 Å². The summed E-state index contributed by atoms with van der Waals surface area (Å²) < 4.78 is 5.31. The molecule has 0 spiro atoms. The first-order valence-electron chi connectivity index (χ1n) is 7.12. The van der Waals surface area contributed by atoms with Crippen molar-refractivity contribution in [3.63, 3.8) is 0 Å². The van der Waals surface area contributed by atoms with E-state index in [1.807, 2.05) is 18.2 Å². The summed E-state index contributed by atoms with van der Waals surface area (Å²) in [6.45, 7) is 0. The molecule has 2 heteroatoms. The molecule has 21 heavy (non-hydrogen) atoms. The number of ether oxygens (including phenoxy) is 1. The Hall–Kier alpha value is -2.53. The van der Waals surface area contributed by atoms with Gasteiger partial charge in [-0.3, -0.25) is 0 Å². The molecule has 0 radical (unpaired) electrons. The van der Waals surface area contributed by atoms with E-state index in [4.69, 9.17) is 10.00 Å². The minimum atomic E-state index is 0.437. The maximum Gasteiger partial charge on any atom is 0.119 e. The zero-order valence-electron chi connectivity index (χ0n) is 12.0. The molecule has 1 aliphatic carbocycles. The second-order valence-electron chi connectivity index (χ2n) is 5.34. The second-order valence-corrected chi connectivity index (χ2v) is 5.34. The maximum atomic E-state index is 9.07. The number of rotatable bonds is 2. The van der Waals surface area contributed by atoms with Gasteiger partial charge in [0.05, 0.1) is 13.2 Å². The van der Waals surface area contributed by atoms with Crippen molar-refractivity contribution in [3.05, 3.63) is 71.3 Å². The fourth-order valence-electron chi connectivity index (χ4n) is 3.05. The Labute approximate surface area is 125 Å². The Kier molecular flexibility index (Phi) is 3.75. The molecule has 0 aliphatic heterocycles. The van der Waals surface area contributed by atoms with E-state index in [2.05, 4.69) is 36.4 Å². The van der Waals surface area contributed by atoms with Gasteiger partial charge in [0.2, 0.25) is 0 Å². The summed E-state index contributed by atoms with van der Waals surface area (Å²) in [5, 5.41) is 9.07. The van der Waals surface area contributed by atoms with E-state index < -0.39 is 0 Å². The Morgan fingerprint density at radius 2 is 1.95 bits per heavy atom. The standard InChI is InChI=1S/C19H17NO/c1-21-18-8-7-15-11-17(14-5-3-2-4-6-14)12-16(9-10-20)19(15)13-18/h2-9,13,17H,11-12H2,1H3/b16-9-. The summed E-state index contributed by atoms with van der Waals surface area (Å²) in [6.07, 6.45) is 3.58. The van der Waals surface area contributed by atoms with Crippen LogP contribution in [0.1, 0.15) is 29.0 Å². The highest BCUT2D eigenvalue weighted by Gasteiger charge is 2.24. The Morgan fingerprint density at radius 3 is 2.67 bits per heavy atom. The molecule has 0 aromatic heterocycles. The van der Waals surface area contributed by atoms with Gasteiger partial charge in [0.25, 0.3) is 0 Å². The number of allylic oxidation sites excluding steroid dienone is 2. The van der Waals surface area contributed by atoms with Crippen LogP contribution in [0.2, 0.25) is 0 Å². The van der Waals surface area contributed by atoms with Crippen LogP contribution in [0.5, 0.6) is 5.75 Å². The molecular formula is C19H17NO. The molecule has 1 unspecified atom stereocenters. The van der Waals surface area contributed by atoms with Gasteiger partial charge in [0.15, 0.2) is 0 Å². The molecule has 0 saturated carbocycles. The van der Waals surface area contributed by atoms with Gasteiger partial charge in [0, 0.05) is 6.08 Å². The number of fused-ring (bicyclic) bond motifs is 1. The van der Waals surface area contributed by atoms with Crippen LogP contribution in [0.3, 0.4) is 0 Å². The highest BCUT2D eigenvalue weighted by atomic mass is 16.5. The Morgan fingerprint density at radius 1 is 1.14 bits per heavy atom. The summed E-state index contributed by atoms with van der Waals surface area (Å²) in [4.78, 5) is 0. The molecular weight excluding hydrogens is 258 g/mol. The molecule has 2 aromatic carbocycles. The zero-order valence-corrected chi connectivity index (χ0v) is 12.0. The molecule has 0 N–H and O–H groups in total. The second kappa shape index (κ2) is 5.85. The van der Waals surface area contributed by atoms with E-state index >= 15 is 0 Å². The average molecular weight is 275 g/mol. The fraction of sp³-hybridized carbons (Fsp3) is 0.211. The first-order chi connectivity index (χ1) is 10.3. The van der Waals surface area contributed by atoms with Crippen LogP contribution in [0.15, 0.2) is 54.6 Å². The third-order valence-corrected chi connectivity index (χ3v) is 4.11. The topological polar surface area (TPSA) is 33.0 Å². The largest absolute Gasteiger partial charge is 0.497 e. The number of hydrogen-bond acceptors (Lipinski definition) is 2. The number of benzene rings is 2. The lowest BCUT2D eigenvalue weighted by Gasteiger charge is -2.27. The number of nitrogens with zero attached hydrogens (tertiary/aromatic N) is 1. The van der Waals surface area contributed by atoms with Crippen molar-refractivity contribution < 1.29 is 4.74 Å². The quantitative estimate of drug-likeness (QED) is 0.764. The van der Waals surface area contributed by atoms with Crippen LogP contribution in [0.4, 0.5) is 0 Å². The molecule has 0 bridgehead atoms. The lowest BCUT2D eigenvalue weighted by atomic mass is 9.77. The van der Waals surface area contributed by atoms with Crippen molar-refractivity contribution >= 4 is 5.57 Å². The van der Waals surface area contributed by atoms with Crippen LogP contribution >= 0.6 is 0 Å². The third kappa shape index (κ3) is 2.68. The van der Waals surface area contributed by atoms with E-state index in [1.165, 1.54) is 11.1 Å². The molecule has 2 nitrogen and oxygen atoms in total. The molecule has 3 rings (SSSR count). The summed E-state index contributed by atoms with van der Waals surface area (Å²) in [6, 6.07) is 18.9. The highest BCUT2D eigenvalue weighted by molar-refractivity contribution is 5.74. The fourth-order valence-corrected chi connectivity index (χ4v) is 3.05. The average Bonchev–Trinajstić information content (AvgIpc) is 2.55. The third-order valence-electron chi connectivity index (χ3n) is 4.11. The first-order valence-corrected chi connectivity index (χ1v) is 7.12. The van der Waals surface area contributed by atoms with Crippen LogP contribution in [0.25, 0.3) is 5.57 Å². The first kappa shape index (κ1) is 13.5. The Bertz CT molecular complexity index is 710. The van der Waals surface area contributed by atoms with Crippen molar-refractivity contribution in [1.82, 2.24) is 0 Å². The van der Waals surface area contributed by atoms with Gasteiger partial charge in [-0.2, -0.15) is 5.26 Å². The number of nitriles is 1. The summed E-state index contributed by atoms with van der Waals surface area (Å²) in [5.74, 6) is 1.28. The molecule has 0 saturated heterocycles. The van der Waals surface area contributed by atoms with Crippen molar-refractivity contribution in [2.45, 2.75) is 18.8 Å². The van der Waals surface area contributed by atoms with Crippen LogP contribution < -0.4 is 4.74 Å². The molecule has 104 valence electrons. The van der Waals surface area contributed by atoms with Crippen molar-refractivity contribution in [2.24, 2.45) is 0 Å². The predicted octanol–water partition coefficient (Wildman–Crippen LogP) is 4.33. The van der Waals surface area contributed by atoms with Gasteiger partial charge in [-0.15, -0.1) is 0 Å². The summed E-state index contributed by atoms with van der Waals surface area (Å²) in [7, 11) is 1.67. The minimum absolute atomic E-state index is 0.437. The summed E-state index contributed by atoms with van der Waals surface area (Å²) >= 11 is 0. The van der Waals surface area contributed by atoms with E-state index in [1.54, 1.807) is 13.2 Å². The van der Waals surface area contributed by atoms with Gasteiger partial charge in [-0.1, -0.05) is 36.4 Å². The van der Waals surface area contributed by atoms with Crippen molar-refractivity contribution in [3.8, 4) is 11.8 Å². The number of methoxy groups -OCH3 is 1. The van der Waals surface area contributed by atoms with E-state index in [0.29, 0.717) is 5.92 Å². The maximum absolute atomic E-state index is 9.07. The molecule has 0 heterocycles. The molecule has 1 aliphatic rings. The zero-order chi connectivity index (χ0) is 14.7. The van der Waals surface area contributed by atoms with Crippen LogP contribution in [0, 0.1) is 11.3 Å². The molecule has 2 aromatic rings. The Balaban J connectivity index is 2.03. The normalized spacial score (nSPS) is 18.9. The van der Waals surface area contributed by atoms with Crippen molar-refractivity contribution in [1.29, 1.82) is 5.26 Å². The lowest BCUT2D eigenvalue weighted by molar-refractivity contribution is 0.414. The van der Waals surface area contributed by atoms with Crippen molar-refractivity contribution in [2.75, 3.05) is 7.11 Å². The van der Waals surface area contributed by atoms with Gasteiger partial charge < -0.3 is 4.74 Å². The summed E-state index contributed by atoms with van der Waals surface area (Å²) in [5.41, 5.74) is 4.88. The van der Waals surface area contributed by atoms with Gasteiger partial charge >= 0.3 is 0 Å². The molecule has 0 fully saturated rings. The van der Waals surface area contributed by atoms with Gasteiger partial charge in [-0.25, -0.2) is 0 Å². The number of hydrogen-bond donors (Lipinski definition) is 0. The van der Waals surface area contributed by atoms with E-state index in [9.17, 15) is 0 Å². The van der Waals surface area contributed by atoms with Gasteiger partial charge in [0.1, 0.15) is 5.75 Å². The van der Waals surface area contributed by atoms with Crippen LogP contribution in [-0.2, 0) is 6.42 Å². The van der Waals surface area contributed by atoms with Gasteiger partial charge in [-0.05, 0) is 53.2 Å². The lowest BCUT2D eigenvalue weighted by Crippen LogP contribution is -2.12. The smallest absolute Gasteiger partial charge is 0.119 e. The SMILES string of the molecule is COc1ccc2c(c1)/C(=C\C#N)CC(c1ccccc1)C2. The molecule has 1 atom stereocenters. The molecule has 0 amide bonds. The monoisotopic (exact) mass is 275 g/mol. The minimum Gasteiger partial charge on any atom is -0.497 e.